The van der Waals surface area contributed by atoms with E-state index < -0.39 is 18.0 Å². The van der Waals surface area contributed by atoms with Gasteiger partial charge in [-0.25, -0.2) is 9.59 Å². The van der Waals surface area contributed by atoms with Crippen LogP contribution in [0.4, 0.5) is 10.5 Å². The number of carbonyl (C=O) groups excluding carboxylic acids is 1. The summed E-state index contributed by atoms with van der Waals surface area (Å²) in [6.07, 6.45) is 2.05. The predicted molar refractivity (Wildman–Crippen MR) is 80.8 cm³/mol. The molecule has 1 atom stereocenters. The summed E-state index contributed by atoms with van der Waals surface area (Å²) in [7, 11) is 1.58. The van der Waals surface area contributed by atoms with Gasteiger partial charge < -0.3 is 20.5 Å². The topological polar surface area (TPSA) is 87.7 Å². The van der Waals surface area contributed by atoms with Crippen LogP contribution in [0.5, 0.6) is 5.75 Å². The van der Waals surface area contributed by atoms with Crippen molar-refractivity contribution in [1.29, 1.82) is 0 Å². The second kappa shape index (κ2) is 8.14. The Labute approximate surface area is 124 Å². The summed E-state index contributed by atoms with van der Waals surface area (Å²) in [4.78, 5) is 22.9. The molecule has 0 fully saturated rings. The first kappa shape index (κ1) is 16.8. The summed E-state index contributed by atoms with van der Waals surface area (Å²) >= 11 is 0. The molecule has 2 amide bonds. The molecule has 1 aromatic carbocycles. The maximum Gasteiger partial charge on any atom is 0.326 e. The normalized spacial score (nSPS) is 11.6. The molecule has 0 bridgehead atoms. The van der Waals surface area contributed by atoms with E-state index in [0.717, 1.165) is 24.2 Å². The highest BCUT2D eigenvalue weighted by molar-refractivity contribution is 5.92. The summed E-state index contributed by atoms with van der Waals surface area (Å²) in [5.74, 6) is -0.295. The van der Waals surface area contributed by atoms with Crippen molar-refractivity contribution < 1.29 is 19.4 Å². The maximum atomic E-state index is 11.8. The summed E-state index contributed by atoms with van der Waals surface area (Å²) in [5, 5.41) is 14.2. The SMILES string of the molecule is CCCCC(NC(=O)Nc1ccc(OC)c(C)c1)C(=O)O. The van der Waals surface area contributed by atoms with Gasteiger partial charge in [-0.05, 0) is 37.1 Å². The number of carbonyl (C=O) groups is 2. The Morgan fingerprint density at radius 2 is 2.10 bits per heavy atom. The van der Waals surface area contributed by atoms with Crippen molar-refractivity contribution >= 4 is 17.7 Å². The molecule has 0 radical (unpaired) electrons. The van der Waals surface area contributed by atoms with Crippen molar-refractivity contribution in [3.8, 4) is 5.75 Å². The van der Waals surface area contributed by atoms with Crippen LogP contribution >= 0.6 is 0 Å². The second-order valence-corrected chi connectivity index (χ2v) is 4.82. The fourth-order valence-electron chi connectivity index (χ4n) is 1.95. The molecule has 1 unspecified atom stereocenters. The fraction of sp³-hybridized carbons (Fsp3) is 0.467. The Hall–Kier alpha value is -2.24. The number of benzene rings is 1. The lowest BCUT2D eigenvalue weighted by Gasteiger charge is -2.15. The van der Waals surface area contributed by atoms with Gasteiger partial charge in [0, 0.05) is 5.69 Å². The number of hydrogen-bond donors (Lipinski definition) is 3. The van der Waals surface area contributed by atoms with Crippen LogP contribution in [0.3, 0.4) is 0 Å². The van der Waals surface area contributed by atoms with Crippen molar-refractivity contribution in [2.24, 2.45) is 0 Å². The van der Waals surface area contributed by atoms with E-state index in [1.165, 1.54) is 0 Å². The Morgan fingerprint density at radius 3 is 2.62 bits per heavy atom. The van der Waals surface area contributed by atoms with Gasteiger partial charge in [0.25, 0.3) is 0 Å². The molecule has 1 aromatic rings. The van der Waals surface area contributed by atoms with Crippen LogP contribution in [0, 0.1) is 6.92 Å². The predicted octanol–water partition coefficient (Wildman–Crippen LogP) is 2.77. The van der Waals surface area contributed by atoms with Crippen LogP contribution in [0.1, 0.15) is 31.7 Å². The number of urea groups is 1. The number of nitrogens with one attached hydrogen (secondary N) is 2. The molecule has 0 aliphatic carbocycles. The van der Waals surface area contributed by atoms with Gasteiger partial charge in [-0.2, -0.15) is 0 Å². The van der Waals surface area contributed by atoms with E-state index in [1.54, 1.807) is 25.3 Å². The van der Waals surface area contributed by atoms with Gasteiger partial charge in [0.1, 0.15) is 11.8 Å². The van der Waals surface area contributed by atoms with Gasteiger partial charge in [-0.15, -0.1) is 0 Å². The molecular weight excluding hydrogens is 272 g/mol. The molecule has 0 aromatic heterocycles. The van der Waals surface area contributed by atoms with E-state index in [9.17, 15) is 9.59 Å². The summed E-state index contributed by atoms with van der Waals surface area (Å²) < 4.78 is 5.14. The minimum absolute atomic E-state index is 0.418. The molecule has 3 N–H and O–H groups in total. The number of carboxylic acids is 1. The summed E-state index contributed by atoms with van der Waals surface area (Å²) in [6.45, 7) is 3.84. The van der Waals surface area contributed by atoms with Crippen LogP contribution in [-0.2, 0) is 4.79 Å². The van der Waals surface area contributed by atoms with Gasteiger partial charge in [0.2, 0.25) is 0 Å². The zero-order valence-electron chi connectivity index (χ0n) is 12.6. The number of unbranched alkanes of at least 4 members (excludes halogenated alkanes) is 1. The maximum absolute atomic E-state index is 11.8. The third-order valence-corrected chi connectivity index (χ3v) is 3.10. The molecule has 21 heavy (non-hydrogen) atoms. The number of anilines is 1. The van der Waals surface area contributed by atoms with Crippen molar-refractivity contribution in [3.05, 3.63) is 23.8 Å². The minimum Gasteiger partial charge on any atom is -0.496 e. The molecule has 6 heteroatoms. The van der Waals surface area contributed by atoms with Crippen molar-refractivity contribution in [3.63, 3.8) is 0 Å². The Kier molecular flexibility index (Phi) is 6.52. The smallest absolute Gasteiger partial charge is 0.326 e. The number of aliphatic carboxylic acids is 1. The molecule has 0 aliphatic rings. The standard InChI is InChI=1S/C15H22N2O4/c1-4-5-6-12(14(18)19)17-15(20)16-11-7-8-13(21-3)10(2)9-11/h7-9,12H,4-6H2,1-3H3,(H,18,19)(H2,16,17,20). The van der Waals surface area contributed by atoms with Crippen LogP contribution in [0.2, 0.25) is 0 Å². The van der Waals surface area contributed by atoms with Gasteiger partial charge in [-0.1, -0.05) is 19.8 Å². The molecule has 0 saturated heterocycles. The van der Waals surface area contributed by atoms with Crippen LogP contribution in [-0.4, -0.2) is 30.3 Å². The van der Waals surface area contributed by atoms with Crippen molar-refractivity contribution in [1.82, 2.24) is 5.32 Å². The first-order valence-corrected chi connectivity index (χ1v) is 6.92. The lowest BCUT2D eigenvalue weighted by Crippen LogP contribution is -2.42. The monoisotopic (exact) mass is 294 g/mol. The number of amides is 2. The van der Waals surface area contributed by atoms with Crippen molar-refractivity contribution in [2.45, 2.75) is 39.2 Å². The van der Waals surface area contributed by atoms with E-state index in [2.05, 4.69) is 10.6 Å². The second-order valence-electron chi connectivity index (χ2n) is 4.82. The highest BCUT2D eigenvalue weighted by Gasteiger charge is 2.19. The molecule has 0 spiro atoms. The third-order valence-electron chi connectivity index (χ3n) is 3.10. The lowest BCUT2D eigenvalue weighted by molar-refractivity contribution is -0.139. The number of methoxy groups -OCH3 is 1. The third kappa shape index (κ3) is 5.33. The van der Waals surface area contributed by atoms with Crippen LogP contribution < -0.4 is 15.4 Å². The highest BCUT2D eigenvalue weighted by atomic mass is 16.5. The van der Waals surface area contributed by atoms with E-state index in [-0.39, 0.29) is 0 Å². The number of ether oxygens (including phenoxy) is 1. The lowest BCUT2D eigenvalue weighted by atomic mass is 10.1. The van der Waals surface area contributed by atoms with Gasteiger partial charge in [0.05, 0.1) is 7.11 Å². The summed E-state index contributed by atoms with van der Waals surface area (Å²) in [5.41, 5.74) is 1.47. The first-order valence-electron chi connectivity index (χ1n) is 6.92. The number of rotatable bonds is 7. The largest absolute Gasteiger partial charge is 0.496 e. The summed E-state index contributed by atoms with van der Waals surface area (Å²) in [6, 6.07) is 3.82. The molecule has 0 saturated carbocycles. The highest BCUT2D eigenvalue weighted by Crippen LogP contribution is 2.21. The Morgan fingerprint density at radius 1 is 1.38 bits per heavy atom. The average molecular weight is 294 g/mol. The molecule has 116 valence electrons. The molecular formula is C15H22N2O4. The zero-order valence-corrected chi connectivity index (χ0v) is 12.6. The van der Waals surface area contributed by atoms with E-state index >= 15 is 0 Å². The van der Waals surface area contributed by atoms with Crippen molar-refractivity contribution in [2.75, 3.05) is 12.4 Å². The van der Waals surface area contributed by atoms with E-state index in [4.69, 9.17) is 9.84 Å². The first-order chi connectivity index (χ1) is 9.97. The quantitative estimate of drug-likeness (QED) is 0.721. The molecule has 0 heterocycles. The number of aryl methyl sites for hydroxylation is 1. The number of hydrogen-bond acceptors (Lipinski definition) is 3. The van der Waals surface area contributed by atoms with E-state index in [0.29, 0.717) is 12.1 Å². The average Bonchev–Trinajstić information content (AvgIpc) is 2.43. The van der Waals surface area contributed by atoms with Gasteiger partial charge >= 0.3 is 12.0 Å². The zero-order chi connectivity index (χ0) is 15.8. The van der Waals surface area contributed by atoms with Crippen LogP contribution in [0.25, 0.3) is 0 Å². The van der Waals surface area contributed by atoms with Crippen LogP contribution in [0.15, 0.2) is 18.2 Å². The molecule has 0 aliphatic heterocycles. The Bertz CT molecular complexity index is 502. The van der Waals surface area contributed by atoms with Gasteiger partial charge in [0.15, 0.2) is 0 Å². The minimum atomic E-state index is -1.02. The van der Waals surface area contributed by atoms with E-state index in [1.807, 2.05) is 13.8 Å². The molecule has 6 nitrogen and oxygen atoms in total. The Balaban J connectivity index is 2.63. The van der Waals surface area contributed by atoms with Gasteiger partial charge in [-0.3, -0.25) is 0 Å². The number of carboxylic acid groups (broad SMARTS) is 1. The molecule has 1 rings (SSSR count). The fourth-order valence-corrected chi connectivity index (χ4v) is 1.95.